The highest BCUT2D eigenvalue weighted by Crippen LogP contribution is 2.39. The Labute approximate surface area is 221 Å². The molecule has 1 atom stereocenters. The molecule has 2 heterocycles. The van der Waals surface area contributed by atoms with Gasteiger partial charge in [0.2, 0.25) is 0 Å². The molecule has 0 saturated heterocycles. The van der Waals surface area contributed by atoms with E-state index in [2.05, 4.69) is 5.32 Å². The first-order chi connectivity index (χ1) is 17.7. The lowest BCUT2D eigenvalue weighted by molar-refractivity contribution is -0.122. The van der Waals surface area contributed by atoms with Crippen LogP contribution in [0.1, 0.15) is 6.92 Å². The van der Waals surface area contributed by atoms with Crippen molar-refractivity contribution in [3.63, 3.8) is 0 Å². The highest BCUT2D eigenvalue weighted by molar-refractivity contribution is 7.92. The topological polar surface area (TPSA) is 107 Å². The zero-order valence-corrected chi connectivity index (χ0v) is 22.2. The van der Waals surface area contributed by atoms with E-state index in [1.807, 2.05) is 6.92 Å². The molecule has 1 aliphatic rings. The molecule has 1 amide bonds. The third-order valence-electron chi connectivity index (χ3n) is 5.98. The molecule has 0 radical (unpaired) electrons. The van der Waals surface area contributed by atoms with E-state index in [1.165, 1.54) is 31.4 Å². The third-order valence-corrected chi connectivity index (χ3v) is 8.95. The fraction of sp³-hybridized carbons (Fsp3) is 0.200. The molecule has 1 N–H and O–H groups in total. The van der Waals surface area contributed by atoms with Gasteiger partial charge in [-0.05, 0) is 67.6 Å². The second-order valence-electron chi connectivity index (χ2n) is 8.21. The van der Waals surface area contributed by atoms with Crippen LogP contribution in [0.3, 0.4) is 0 Å². The van der Waals surface area contributed by atoms with Crippen LogP contribution in [0.4, 0.5) is 11.4 Å². The van der Waals surface area contributed by atoms with Gasteiger partial charge in [-0.1, -0.05) is 22.9 Å². The molecule has 0 saturated carbocycles. The summed E-state index contributed by atoms with van der Waals surface area (Å²) in [5.41, 5.74) is 1.49. The molecule has 3 aromatic carbocycles. The lowest BCUT2D eigenvalue weighted by atomic mass is 10.2. The summed E-state index contributed by atoms with van der Waals surface area (Å²) in [7, 11) is -2.58. The average molecular weight is 560 g/mol. The van der Waals surface area contributed by atoms with Crippen LogP contribution in [0, 0.1) is 0 Å². The van der Waals surface area contributed by atoms with Crippen LogP contribution in [0.2, 0.25) is 5.02 Å². The predicted molar refractivity (Wildman–Crippen MR) is 144 cm³/mol. The maximum Gasteiger partial charge on any atom is 0.308 e. The number of hydrogen-bond acceptors (Lipinski definition) is 7. The summed E-state index contributed by atoms with van der Waals surface area (Å²) in [5.74, 6) is 0.191. The molecule has 5 rings (SSSR count). The highest BCUT2D eigenvalue weighted by Gasteiger charge is 2.38. The van der Waals surface area contributed by atoms with Gasteiger partial charge in [-0.2, -0.15) is 0 Å². The lowest BCUT2D eigenvalue weighted by Gasteiger charge is -2.34. The van der Waals surface area contributed by atoms with Crippen molar-refractivity contribution in [2.75, 3.05) is 23.3 Å². The van der Waals surface area contributed by atoms with Gasteiger partial charge in [0.05, 0.1) is 34.5 Å². The first-order valence-corrected chi connectivity index (χ1v) is 13.9. The number of thiazole rings is 1. The summed E-state index contributed by atoms with van der Waals surface area (Å²) < 4.78 is 41.8. The number of hydrogen-bond donors (Lipinski definition) is 1. The van der Waals surface area contributed by atoms with Gasteiger partial charge in [0.1, 0.15) is 11.5 Å². The summed E-state index contributed by atoms with van der Waals surface area (Å²) in [5, 5.41) is 3.11. The van der Waals surface area contributed by atoms with Crippen molar-refractivity contribution in [1.29, 1.82) is 0 Å². The SMILES string of the molecule is CCn1c(=O)sc2cc(NC(=O)C3CN(S(=O)(=O)c4ccc(OC)cc4)c4cc(Cl)ccc4O3)ccc21. The van der Waals surface area contributed by atoms with E-state index in [0.29, 0.717) is 23.0 Å². The lowest BCUT2D eigenvalue weighted by Crippen LogP contribution is -2.48. The van der Waals surface area contributed by atoms with Gasteiger partial charge in [0.25, 0.3) is 15.9 Å². The molecule has 192 valence electrons. The Morgan fingerprint density at radius 3 is 2.62 bits per heavy atom. The standard InChI is InChI=1S/C25H22ClN3O6S2/c1-3-28-19-10-5-16(13-23(19)36-25(28)31)27-24(30)22-14-29(20-12-15(26)4-11-21(20)35-22)37(32,33)18-8-6-17(34-2)7-9-18/h4-13,22H,3,14H2,1-2H3,(H,27,30). The minimum Gasteiger partial charge on any atom is -0.497 e. The van der Waals surface area contributed by atoms with Gasteiger partial charge >= 0.3 is 4.87 Å². The van der Waals surface area contributed by atoms with E-state index in [4.69, 9.17) is 21.1 Å². The Morgan fingerprint density at radius 2 is 1.92 bits per heavy atom. The Hall–Kier alpha value is -3.54. The summed E-state index contributed by atoms with van der Waals surface area (Å²) in [6.45, 7) is 2.16. The van der Waals surface area contributed by atoms with Gasteiger partial charge in [0.15, 0.2) is 6.10 Å². The minimum absolute atomic E-state index is 0.0288. The van der Waals surface area contributed by atoms with Crippen LogP contribution in [-0.2, 0) is 21.4 Å². The monoisotopic (exact) mass is 559 g/mol. The molecule has 0 aliphatic carbocycles. The van der Waals surface area contributed by atoms with Gasteiger partial charge in [-0.3, -0.25) is 18.5 Å². The molecule has 0 fully saturated rings. The number of aromatic nitrogens is 1. The Morgan fingerprint density at radius 1 is 1.16 bits per heavy atom. The molecular formula is C25H22ClN3O6S2. The number of carbonyl (C=O) groups is 1. The molecule has 37 heavy (non-hydrogen) atoms. The number of nitrogens with zero attached hydrogens (tertiary/aromatic N) is 2. The zero-order valence-electron chi connectivity index (χ0n) is 19.8. The van der Waals surface area contributed by atoms with E-state index in [0.717, 1.165) is 25.9 Å². The molecule has 4 aromatic rings. The second kappa shape index (κ2) is 9.73. The fourth-order valence-corrected chi connectivity index (χ4v) is 6.76. The summed E-state index contributed by atoms with van der Waals surface area (Å²) in [6.07, 6.45) is -1.14. The van der Waals surface area contributed by atoms with Crippen LogP contribution in [0.25, 0.3) is 10.2 Å². The number of fused-ring (bicyclic) bond motifs is 2. The molecule has 1 aliphatic heterocycles. The van der Waals surface area contributed by atoms with Crippen molar-refractivity contribution >= 4 is 60.5 Å². The van der Waals surface area contributed by atoms with Crippen molar-refractivity contribution in [1.82, 2.24) is 4.57 Å². The number of rotatable bonds is 6. The molecule has 9 nitrogen and oxygen atoms in total. The number of anilines is 2. The molecule has 12 heteroatoms. The Kier molecular flexibility index (Phi) is 6.61. The largest absolute Gasteiger partial charge is 0.497 e. The van der Waals surface area contributed by atoms with E-state index < -0.39 is 22.0 Å². The number of aryl methyl sites for hydroxylation is 1. The van der Waals surface area contributed by atoms with Gasteiger partial charge in [-0.25, -0.2) is 8.42 Å². The zero-order chi connectivity index (χ0) is 26.3. The summed E-state index contributed by atoms with van der Waals surface area (Å²) in [6, 6.07) is 15.7. The van der Waals surface area contributed by atoms with Crippen LogP contribution in [-0.4, -0.2) is 38.7 Å². The number of methoxy groups -OCH3 is 1. The molecule has 0 spiro atoms. The van der Waals surface area contributed by atoms with Crippen molar-refractivity contribution in [3.05, 3.63) is 75.4 Å². The predicted octanol–water partition coefficient (Wildman–Crippen LogP) is 4.34. The average Bonchev–Trinajstić information content (AvgIpc) is 3.21. The number of ether oxygens (including phenoxy) is 2. The maximum atomic E-state index is 13.6. The van der Waals surface area contributed by atoms with Crippen molar-refractivity contribution < 1.29 is 22.7 Å². The van der Waals surface area contributed by atoms with Crippen LogP contribution < -0.4 is 24.0 Å². The van der Waals surface area contributed by atoms with Crippen LogP contribution in [0.5, 0.6) is 11.5 Å². The molecule has 1 aromatic heterocycles. The van der Waals surface area contributed by atoms with Crippen LogP contribution in [0.15, 0.2) is 70.4 Å². The quantitative estimate of drug-likeness (QED) is 0.377. The maximum absolute atomic E-state index is 13.6. The van der Waals surface area contributed by atoms with Crippen LogP contribution >= 0.6 is 22.9 Å². The van der Waals surface area contributed by atoms with E-state index in [9.17, 15) is 18.0 Å². The van der Waals surface area contributed by atoms with Gasteiger partial charge < -0.3 is 14.8 Å². The number of carbonyl (C=O) groups excluding carboxylic acids is 1. The fourth-order valence-electron chi connectivity index (χ4n) is 4.13. The number of benzene rings is 3. The molecule has 1 unspecified atom stereocenters. The number of amides is 1. The smallest absolute Gasteiger partial charge is 0.308 e. The van der Waals surface area contributed by atoms with E-state index in [1.54, 1.807) is 41.0 Å². The van der Waals surface area contributed by atoms with Crippen molar-refractivity contribution in [2.24, 2.45) is 0 Å². The molecular weight excluding hydrogens is 538 g/mol. The van der Waals surface area contributed by atoms with E-state index >= 15 is 0 Å². The first kappa shape index (κ1) is 25.1. The number of sulfonamides is 1. The first-order valence-electron chi connectivity index (χ1n) is 11.3. The number of halogens is 1. The summed E-state index contributed by atoms with van der Waals surface area (Å²) >= 11 is 7.25. The van der Waals surface area contributed by atoms with Gasteiger partial charge in [0, 0.05) is 17.3 Å². The minimum atomic E-state index is -4.07. The van der Waals surface area contributed by atoms with Crippen molar-refractivity contribution in [2.45, 2.75) is 24.5 Å². The molecule has 0 bridgehead atoms. The third kappa shape index (κ3) is 4.65. The van der Waals surface area contributed by atoms with E-state index in [-0.39, 0.29) is 27.8 Å². The highest BCUT2D eigenvalue weighted by atomic mass is 35.5. The van der Waals surface area contributed by atoms with Crippen molar-refractivity contribution in [3.8, 4) is 11.5 Å². The second-order valence-corrected chi connectivity index (χ2v) is 11.5. The Balaban J connectivity index is 1.46. The number of nitrogens with one attached hydrogen (secondary N) is 1. The normalized spacial score (nSPS) is 15.2. The Bertz CT molecular complexity index is 1660. The summed E-state index contributed by atoms with van der Waals surface area (Å²) in [4.78, 5) is 25.4. The van der Waals surface area contributed by atoms with Gasteiger partial charge in [-0.15, -0.1) is 0 Å².